The zero-order valence-electron chi connectivity index (χ0n) is 11.9. The smallest absolute Gasteiger partial charge is 0.268 e. The Morgan fingerprint density at radius 1 is 1.10 bits per heavy atom. The molecule has 1 aliphatic carbocycles. The van der Waals surface area contributed by atoms with Crippen molar-refractivity contribution in [3.05, 3.63) is 52.8 Å². The molecule has 0 spiro atoms. The third-order valence-electron chi connectivity index (χ3n) is 4.40. The van der Waals surface area contributed by atoms with Crippen LogP contribution in [0.2, 0.25) is 0 Å². The van der Waals surface area contributed by atoms with Crippen LogP contribution in [-0.2, 0) is 9.53 Å². The van der Waals surface area contributed by atoms with Crippen molar-refractivity contribution in [3.63, 3.8) is 0 Å². The Kier molecular flexibility index (Phi) is 2.37. The predicted octanol–water partition coefficient (Wildman–Crippen LogP) is 3.29. The van der Waals surface area contributed by atoms with Crippen LogP contribution < -0.4 is 0 Å². The molecule has 3 nitrogen and oxygen atoms in total. The van der Waals surface area contributed by atoms with Crippen LogP contribution in [0.3, 0.4) is 0 Å². The van der Waals surface area contributed by atoms with E-state index in [2.05, 4.69) is 0 Å². The second kappa shape index (κ2) is 4.04. The number of fused-ring (bicyclic) bond motifs is 3. The van der Waals surface area contributed by atoms with Gasteiger partial charge in [0.15, 0.2) is 5.76 Å². The summed E-state index contributed by atoms with van der Waals surface area (Å²) in [6.07, 6.45) is 0. The minimum absolute atomic E-state index is 0.136. The number of carbonyl (C=O) groups is 2. The van der Waals surface area contributed by atoms with Crippen molar-refractivity contribution >= 4 is 27.9 Å². The molecule has 0 aromatic heterocycles. The number of carbonyl (C=O) groups excluding carboxylic acids is 2. The van der Waals surface area contributed by atoms with Gasteiger partial charge in [0.2, 0.25) is 5.78 Å². The summed E-state index contributed by atoms with van der Waals surface area (Å²) in [6.45, 7) is 4.54. The molecule has 0 amide bonds. The van der Waals surface area contributed by atoms with E-state index >= 15 is 0 Å². The highest BCUT2D eigenvalue weighted by Gasteiger charge is 2.39. The van der Waals surface area contributed by atoms with Gasteiger partial charge in [-0.25, -0.2) is 0 Å². The highest BCUT2D eigenvalue weighted by Crippen LogP contribution is 2.41. The fourth-order valence-electron chi connectivity index (χ4n) is 3.29. The molecule has 2 aliphatic rings. The number of ether oxygens (including phenoxy) is 1. The van der Waals surface area contributed by atoms with Crippen molar-refractivity contribution in [2.24, 2.45) is 5.92 Å². The number of rotatable bonds is 0. The molecule has 1 atom stereocenters. The van der Waals surface area contributed by atoms with E-state index in [1.165, 1.54) is 0 Å². The lowest BCUT2D eigenvalue weighted by Gasteiger charge is -2.18. The molecule has 4 rings (SSSR count). The minimum Gasteiger partial charge on any atom is -0.488 e. The fraction of sp³-hybridized carbons (Fsp3) is 0.222. The zero-order chi connectivity index (χ0) is 14.7. The number of Topliss-reactive ketones (excluding diaryl/α,β-unsaturated/α-hetero) is 2. The summed E-state index contributed by atoms with van der Waals surface area (Å²) in [6, 6.07) is 9.86. The zero-order valence-corrected chi connectivity index (χ0v) is 11.9. The Morgan fingerprint density at radius 3 is 2.71 bits per heavy atom. The molecular weight excluding hydrogens is 264 g/mol. The molecule has 1 unspecified atom stereocenters. The Balaban J connectivity index is 2.11. The molecule has 0 saturated heterocycles. The summed E-state index contributed by atoms with van der Waals surface area (Å²) in [5.74, 6) is -0.569. The standard InChI is InChI=1S/C18H14O3/c1-9-4-3-5-11-6-14-13(7-12(9)11)15-10(2)8-21-18(15)17(20)16(14)19/h3-7,10H,8H2,1-2H3. The van der Waals surface area contributed by atoms with Gasteiger partial charge in [0.1, 0.15) is 0 Å². The predicted molar refractivity (Wildman–Crippen MR) is 80.1 cm³/mol. The third-order valence-corrected chi connectivity index (χ3v) is 4.40. The van der Waals surface area contributed by atoms with Crippen LogP contribution in [0.25, 0.3) is 16.3 Å². The van der Waals surface area contributed by atoms with Crippen LogP contribution in [-0.4, -0.2) is 18.2 Å². The molecule has 1 heterocycles. The van der Waals surface area contributed by atoms with Crippen LogP contribution >= 0.6 is 0 Å². The Bertz CT molecular complexity index is 858. The number of hydrogen-bond acceptors (Lipinski definition) is 3. The van der Waals surface area contributed by atoms with Crippen molar-refractivity contribution < 1.29 is 14.3 Å². The number of benzene rings is 2. The highest BCUT2D eigenvalue weighted by atomic mass is 16.5. The summed E-state index contributed by atoms with van der Waals surface area (Å²) in [4.78, 5) is 24.5. The average Bonchev–Trinajstić information content (AvgIpc) is 2.86. The van der Waals surface area contributed by atoms with Crippen molar-refractivity contribution in [1.29, 1.82) is 0 Å². The molecule has 104 valence electrons. The quantitative estimate of drug-likeness (QED) is 0.694. The first-order valence-corrected chi connectivity index (χ1v) is 7.07. The van der Waals surface area contributed by atoms with Gasteiger partial charge in [0.25, 0.3) is 5.78 Å². The molecule has 3 heteroatoms. The van der Waals surface area contributed by atoms with Gasteiger partial charge >= 0.3 is 0 Å². The van der Waals surface area contributed by atoms with Gasteiger partial charge in [-0.05, 0) is 41.0 Å². The van der Waals surface area contributed by atoms with E-state index in [0.29, 0.717) is 12.2 Å². The molecule has 0 N–H and O–H groups in total. The molecule has 2 aromatic rings. The van der Waals surface area contributed by atoms with Gasteiger partial charge in [0.05, 0.1) is 6.61 Å². The molecule has 0 bridgehead atoms. The third kappa shape index (κ3) is 1.54. The van der Waals surface area contributed by atoms with Crippen molar-refractivity contribution in [3.8, 4) is 0 Å². The van der Waals surface area contributed by atoms with Gasteiger partial charge in [0, 0.05) is 17.1 Å². The van der Waals surface area contributed by atoms with Crippen LogP contribution in [0, 0.1) is 12.8 Å². The van der Waals surface area contributed by atoms with Gasteiger partial charge in [-0.3, -0.25) is 9.59 Å². The van der Waals surface area contributed by atoms with E-state index < -0.39 is 11.6 Å². The van der Waals surface area contributed by atoms with E-state index in [9.17, 15) is 9.59 Å². The Labute approximate surface area is 122 Å². The topological polar surface area (TPSA) is 43.4 Å². The maximum absolute atomic E-state index is 12.3. The first-order chi connectivity index (χ1) is 10.1. The van der Waals surface area contributed by atoms with E-state index in [-0.39, 0.29) is 11.7 Å². The summed E-state index contributed by atoms with van der Waals surface area (Å²) >= 11 is 0. The summed E-state index contributed by atoms with van der Waals surface area (Å²) in [7, 11) is 0. The van der Waals surface area contributed by atoms with E-state index in [1.54, 1.807) is 0 Å². The molecule has 1 aliphatic heterocycles. The van der Waals surface area contributed by atoms with Crippen molar-refractivity contribution in [1.82, 2.24) is 0 Å². The van der Waals surface area contributed by atoms with Crippen LogP contribution in [0.5, 0.6) is 0 Å². The Hall–Kier alpha value is -2.42. The fourth-order valence-corrected chi connectivity index (χ4v) is 3.29. The highest BCUT2D eigenvalue weighted by molar-refractivity contribution is 6.52. The van der Waals surface area contributed by atoms with Crippen LogP contribution in [0.4, 0.5) is 0 Å². The molecule has 0 saturated carbocycles. The monoisotopic (exact) mass is 278 g/mol. The van der Waals surface area contributed by atoms with E-state index in [0.717, 1.165) is 27.5 Å². The summed E-state index contributed by atoms with van der Waals surface area (Å²) < 4.78 is 5.46. The number of hydrogen-bond donors (Lipinski definition) is 0. The lowest BCUT2D eigenvalue weighted by Crippen LogP contribution is -2.23. The minimum atomic E-state index is -0.506. The maximum atomic E-state index is 12.3. The number of ketones is 2. The SMILES string of the molecule is Cc1cccc2cc3c(cc12)C1=C(OCC1C)C(=O)C3=O. The molecule has 2 aromatic carbocycles. The maximum Gasteiger partial charge on any atom is 0.268 e. The Morgan fingerprint density at radius 2 is 1.90 bits per heavy atom. The second-order valence-corrected chi connectivity index (χ2v) is 5.81. The first kappa shape index (κ1) is 12.3. The summed E-state index contributed by atoms with van der Waals surface area (Å²) in [5.41, 5.74) is 3.42. The normalized spacial score (nSPS) is 20.6. The molecule has 0 radical (unpaired) electrons. The van der Waals surface area contributed by atoms with Gasteiger partial charge < -0.3 is 4.74 Å². The van der Waals surface area contributed by atoms with Gasteiger partial charge in [-0.2, -0.15) is 0 Å². The second-order valence-electron chi connectivity index (χ2n) is 5.81. The van der Waals surface area contributed by atoms with Crippen molar-refractivity contribution in [2.45, 2.75) is 13.8 Å². The lowest BCUT2D eigenvalue weighted by molar-refractivity contribution is -0.114. The summed E-state index contributed by atoms with van der Waals surface area (Å²) in [5, 5.41) is 2.11. The van der Waals surface area contributed by atoms with E-state index in [1.807, 2.05) is 44.2 Å². The van der Waals surface area contributed by atoms with Crippen LogP contribution in [0.1, 0.15) is 28.4 Å². The number of allylic oxidation sites excluding steroid dienone is 1. The van der Waals surface area contributed by atoms with Gasteiger partial charge in [-0.15, -0.1) is 0 Å². The largest absolute Gasteiger partial charge is 0.488 e. The van der Waals surface area contributed by atoms with Crippen LogP contribution in [0.15, 0.2) is 36.1 Å². The van der Waals surface area contributed by atoms with Crippen molar-refractivity contribution in [2.75, 3.05) is 6.61 Å². The van der Waals surface area contributed by atoms with Gasteiger partial charge in [-0.1, -0.05) is 25.1 Å². The molecular formula is C18H14O3. The van der Waals surface area contributed by atoms with E-state index in [4.69, 9.17) is 4.74 Å². The first-order valence-electron chi connectivity index (χ1n) is 7.07. The lowest BCUT2D eigenvalue weighted by atomic mass is 9.82. The average molecular weight is 278 g/mol. The molecule has 21 heavy (non-hydrogen) atoms. The molecule has 0 fully saturated rings. The number of aryl methyl sites for hydroxylation is 1.